The molecule has 0 bridgehead atoms. The summed E-state index contributed by atoms with van der Waals surface area (Å²) in [6, 6.07) is 12.4. The lowest BCUT2D eigenvalue weighted by Gasteiger charge is -2.26. The number of benzene rings is 2. The summed E-state index contributed by atoms with van der Waals surface area (Å²) in [6.07, 6.45) is -0.688. The van der Waals surface area contributed by atoms with Gasteiger partial charge in [0.2, 0.25) is 0 Å². The Morgan fingerprint density at radius 3 is 1.81 bits per heavy atom. The van der Waals surface area contributed by atoms with E-state index >= 15 is 0 Å². The van der Waals surface area contributed by atoms with Crippen molar-refractivity contribution in [3.05, 3.63) is 80.9 Å². The molecule has 0 aliphatic heterocycles. The molecule has 2 aromatic rings. The second-order valence-electron chi connectivity index (χ2n) is 7.68. The van der Waals surface area contributed by atoms with Crippen LogP contribution in [0.3, 0.4) is 0 Å². The second-order valence-corrected chi connectivity index (χ2v) is 7.68. The smallest absolute Gasteiger partial charge is 0.408 e. The number of rotatable bonds is 5. The van der Waals surface area contributed by atoms with Crippen molar-refractivity contribution in [2.75, 3.05) is 0 Å². The van der Waals surface area contributed by atoms with Crippen LogP contribution < -0.4 is 5.32 Å². The summed E-state index contributed by atoms with van der Waals surface area (Å²) in [4.78, 5) is 23.9. The molecule has 0 unspecified atom stereocenters. The van der Waals surface area contributed by atoms with Crippen LogP contribution in [0.5, 0.6) is 0 Å². The molecule has 0 saturated carbocycles. The highest BCUT2D eigenvalue weighted by atomic mass is 16.6. The van der Waals surface area contributed by atoms with Crippen LogP contribution in [0.2, 0.25) is 0 Å². The number of nitrogens with zero attached hydrogens (tertiary/aromatic N) is 1. The Morgan fingerprint density at radius 1 is 0.963 bits per heavy atom. The van der Waals surface area contributed by atoms with Gasteiger partial charge in [-0.25, -0.2) is 4.79 Å². The Morgan fingerprint density at radius 2 is 1.41 bits per heavy atom. The third-order valence-corrected chi connectivity index (χ3v) is 4.07. The molecule has 1 amide bonds. The summed E-state index contributed by atoms with van der Waals surface area (Å²) in [7, 11) is 0. The fourth-order valence-electron chi connectivity index (χ4n) is 2.75. The molecule has 6 nitrogen and oxygen atoms in total. The maximum Gasteiger partial charge on any atom is 0.408 e. The zero-order valence-electron chi connectivity index (χ0n) is 16.4. The molecule has 0 aliphatic carbocycles. The summed E-state index contributed by atoms with van der Waals surface area (Å²) < 4.78 is 5.33. The van der Waals surface area contributed by atoms with Crippen LogP contribution in [0.1, 0.15) is 55.1 Å². The van der Waals surface area contributed by atoms with Gasteiger partial charge in [-0.15, -0.1) is 0 Å². The molecule has 2 aromatic carbocycles. The summed E-state index contributed by atoms with van der Waals surface area (Å²) in [5.74, 6) is 0. The Balaban J connectivity index is 2.44. The lowest BCUT2D eigenvalue weighted by molar-refractivity contribution is -0.534. The Hall–Kier alpha value is -2.89. The minimum Gasteiger partial charge on any atom is -0.444 e. The number of hydrogen-bond donors (Lipinski definition) is 1. The fraction of sp³-hybridized carbons (Fsp3) is 0.381. The van der Waals surface area contributed by atoms with Gasteiger partial charge >= 0.3 is 6.09 Å². The first kappa shape index (κ1) is 20.4. The molecule has 27 heavy (non-hydrogen) atoms. The van der Waals surface area contributed by atoms with Crippen molar-refractivity contribution in [3.63, 3.8) is 0 Å². The molecule has 0 spiro atoms. The Kier molecular flexibility index (Phi) is 6.20. The Bertz CT molecular complexity index is 792. The molecule has 2 atom stereocenters. The standard InChI is InChI=1S/C21H26N2O4/c1-14-6-10-16(11-7-14)18(22-20(24)27-21(3,4)5)19(23(25)26)17-12-8-15(2)9-13-17/h6-13,18-19H,1-5H3,(H,22,24)/t18-,19+/m1/s1. The van der Waals surface area contributed by atoms with Crippen molar-refractivity contribution in [1.82, 2.24) is 5.32 Å². The predicted octanol–water partition coefficient (Wildman–Crippen LogP) is 4.89. The van der Waals surface area contributed by atoms with Gasteiger partial charge < -0.3 is 10.1 Å². The summed E-state index contributed by atoms with van der Waals surface area (Å²) >= 11 is 0. The van der Waals surface area contributed by atoms with E-state index in [0.717, 1.165) is 11.1 Å². The van der Waals surface area contributed by atoms with Gasteiger partial charge in [0.25, 0.3) is 6.04 Å². The third-order valence-electron chi connectivity index (χ3n) is 4.07. The average molecular weight is 370 g/mol. The summed E-state index contributed by atoms with van der Waals surface area (Å²) in [5, 5.41) is 14.6. The fourth-order valence-corrected chi connectivity index (χ4v) is 2.75. The van der Waals surface area contributed by atoms with Crippen molar-refractivity contribution in [2.24, 2.45) is 0 Å². The molecular formula is C21H26N2O4. The lowest BCUT2D eigenvalue weighted by atomic mass is 9.93. The molecule has 0 aliphatic rings. The van der Waals surface area contributed by atoms with E-state index in [9.17, 15) is 14.9 Å². The van der Waals surface area contributed by atoms with Crippen molar-refractivity contribution in [3.8, 4) is 0 Å². The highest BCUT2D eigenvalue weighted by Gasteiger charge is 2.36. The summed E-state index contributed by atoms with van der Waals surface area (Å²) in [5.41, 5.74) is 2.51. The molecule has 0 aromatic heterocycles. The molecule has 6 heteroatoms. The quantitative estimate of drug-likeness (QED) is 0.600. The normalized spacial score (nSPS) is 13.5. The third kappa shape index (κ3) is 5.81. The minimum absolute atomic E-state index is 0.368. The average Bonchev–Trinajstić information content (AvgIpc) is 2.55. The molecule has 0 radical (unpaired) electrons. The van der Waals surface area contributed by atoms with E-state index in [1.54, 1.807) is 45.0 Å². The zero-order valence-corrected chi connectivity index (χ0v) is 16.4. The van der Waals surface area contributed by atoms with Gasteiger partial charge in [0, 0.05) is 10.5 Å². The number of carbonyl (C=O) groups is 1. The van der Waals surface area contributed by atoms with Crippen LogP contribution in [0.15, 0.2) is 48.5 Å². The first-order chi connectivity index (χ1) is 12.6. The number of alkyl carbamates (subject to hydrolysis) is 1. The van der Waals surface area contributed by atoms with E-state index in [1.807, 2.05) is 38.1 Å². The van der Waals surface area contributed by atoms with E-state index in [4.69, 9.17) is 4.74 Å². The number of ether oxygens (including phenoxy) is 1. The Labute approximate surface area is 159 Å². The topological polar surface area (TPSA) is 81.5 Å². The zero-order chi connectivity index (χ0) is 20.2. The number of nitro groups is 1. The predicted molar refractivity (Wildman–Crippen MR) is 104 cm³/mol. The molecule has 0 saturated heterocycles. The highest BCUT2D eigenvalue weighted by Crippen LogP contribution is 2.32. The SMILES string of the molecule is Cc1ccc([C@@H](NC(=O)OC(C)(C)C)[C@H](c2ccc(C)cc2)[N+](=O)[O-])cc1. The van der Waals surface area contributed by atoms with Crippen LogP contribution in [0, 0.1) is 24.0 Å². The van der Waals surface area contributed by atoms with Crippen molar-refractivity contribution >= 4 is 6.09 Å². The van der Waals surface area contributed by atoms with Crippen LogP contribution in [-0.2, 0) is 4.74 Å². The number of nitrogens with one attached hydrogen (secondary N) is 1. The van der Waals surface area contributed by atoms with E-state index in [0.29, 0.717) is 11.1 Å². The van der Waals surface area contributed by atoms with Crippen LogP contribution >= 0.6 is 0 Å². The van der Waals surface area contributed by atoms with Gasteiger partial charge in [-0.3, -0.25) is 10.1 Å². The van der Waals surface area contributed by atoms with E-state index in [2.05, 4.69) is 5.32 Å². The molecule has 2 rings (SSSR count). The maximum absolute atomic E-state index is 12.4. The highest BCUT2D eigenvalue weighted by molar-refractivity contribution is 5.68. The summed E-state index contributed by atoms with van der Waals surface area (Å²) in [6.45, 7) is 9.10. The van der Waals surface area contributed by atoms with E-state index in [1.165, 1.54) is 0 Å². The van der Waals surface area contributed by atoms with Crippen molar-refractivity contribution in [1.29, 1.82) is 0 Å². The van der Waals surface area contributed by atoms with Gasteiger partial charge in [-0.1, -0.05) is 59.7 Å². The minimum atomic E-state index is -1.14. The number of amides is 1. The molecule has 0 fully saturated rings. The second kappa shape index (κ2) is 8.20. The van der Waals surface area contributed by atoms with Crippen molar-refractivity contribution < 1.29 is 14.5 Å². The number of aryl methyl sites for hydroxylation is 2. The van der Waals surface area contributed by atoms with E-state index < -0.39 is 23.8 Å². The number of carbonyl (C=O) groups excluding carboxylic acids is 1. The van der Waals surface area contributed by atoms with Crippen LogP contribution in [-0.4, -0.2) is 16.6 Å². The lowest BCUT2D eigenvalue weighted by Crippen LogP contribution is -2.39. The van der Waals surface area contributed by atoms with Gasteiger partial charge in [0.15, 0.2) is 0 Å². The first-order valence-electron chi connectivity index (χ1n) is 8.83. The van der Waals surface area contributed by atoms with Crippen LogP contribution in [0.25, 0.3) is 0 Å². The molecule has 1 N–H and O–H groups in total. The van der Waals surface area contributed by atoms with Gasteiger partial charge in [0.1, 0.15) is 11.6 Å². The monoisotopic (exact) mass is 370 g/mol. The molecular weight excluding hydrogens is 344 g/mol. The van der Waals surface area contributed by atoms with Crippen molar-refractivity contribution in [2.45, 2.75) is 52.3 Å². The first-order valence-corrected chi connectivity index (χ1v) is 8.83. The van der Waals surface area contributed by atoms with Gasteiger partial charge in [0.05, 0.1) is 0 Å². The molecule has 144 valence electrons. The van der Waals surface area contributed by atoms with Gasteiger partial charge in [-0.2, -0.15) is 0 Å². The van der Waals surface area contributed by atoms with E-state index in [-0.39, 0.29) is 4.92 Å². The molecule has 0 heterocycles. The maximum atomic E-state index is 12.4. The largest absolute Gasteiger partial charge is 0.444 e. The van der Waals surface area contributed by atoms with Crippen LogP contribution in [0.4, 0.5) is 4.79 Å². The van der Waals surface area contributed by atoms with Gasteiger partial charge in [-0.05, 0) is 40.2 Å². The number of hydrogen-bond acceptors (Lipinski definition) is 4.